The molecular weight excluding hydrogens is 212 g/mol. The third-order valence-electron chi connectivity index (χ3n) is 2.53. The van der Waals surface area contributed by atoms with Gasteiger partial charge in [0.05, 0.1) is 0 Å². The van der Waals surface area contributed by atoms with Crippen LogP contribution in [0.4, 0.5) is 5.95 Å². The Labute approximate surface area is 104 Å². The maximum absolute atomic E-state index is 4.51. The van der Waals surface area contributed by atoms with Crippen molar-refractivity contribution in [1.29, 1.82) is 0 Å². The standard InChI is InChI=1S/C13H24N4/c1-10(2)12-9-11(3)15-13(16-12)14-7-6-8-17(4)5/h9-10H,6-8H2,1-5H3,(H,14,15,16). The van der Waals surface area contributed by atoms with E-state index in [2.05, 4.69) is 54.2 Å². The number of nitrogens with zero attached hydrogens (tertiary/aromatic N) is 3. The van der Waals surface area contributed by atoms with E-state index in [1.54, 1.807) is 0 Å². The fourth-order valence-corrected chi connectivity index (χ4v) is 1.56. The van der Waals surface area contributed by atoms with Crippen molar-refractivity contribution in [2.24, 2.45) is 0 Å². The summed E-state index contributed by atoms with van der Waals surface area (Å²) in [5, 5.41) is 3.29. The minimum absolute atomic E-state index is 0.444. The molecule has 1 N–H and O–H groups in total. The maximum atomic E-state index is 4.51. The number of hydrogen-bond acceptors (Lipinski definition) is 4. The SMILES string of the molecule is Cc1cc(C(C)C)nc(NCCCN(C)C)n1. The first kappa shape index (κ1) is 13.9. The van der Waals surface area contributed by atoms with Crippen LogP contribution in [0.15, 0.2) is 6.07 Å². The van der Waals surface area contributed by atoms with Gasteiger partial charge in [-0.15, -0.1) is 0 Å². The van der Waals surface area contributed by atoms with Crippen LogP contribution in [-0.2, 0) is 0 Å². The Morgan fingerprint density at radius 2 is 2.00 bits per heavy atom. The van der Waals surface area contributed by atoms with Gasteiger partial charge in [0.1, 0.15) is 0 Å². The molecule has 0 spiro atoms. The van der Waals surface area contributed by atoms with Crippen LogP contribution in [0.1, 0.15) is 37.6 Å². The second kappa shape index (κ2) is 6.55. The molecule has 0 atom stereocenters. The Bertz CT molecular complexity index is 347. The Kier molecular flexibility index (Phi) is 5.35. The summed E-state index contributed by atoms with van der Waals surface area (Å²) in [7, 11) is 4.17. The van der Waals surface area contributed by atoms with Crippen molar-refractivity contribution in [2.45, 2.75) is 33.1 Å². The summed E-state index contributed by atoms with van der Waals surface area (Å²) in [6.07, 6.45) is 1.10. The monoisotopic (exact) mass is 236 g/mol. The van der Waals surface area contributed by atoms with Crippen LogP contribution in [0.2, 0.25) is 0 Å². The summed E-state index contributed by atoms with van der Waals surface area (Å²) in [6.45, 7) is 8.31. The minimum atomic E-state index is 0.444. The lowest BCUT2D eigenvalue weighted by Crippen LogP contribution is -2.17. The van der Waals surface area contributed by atoms with Crippen LogP contribution >= 0.6 is 0 Å². The van der Waals surface area contributed by atoms with E-state index in [-0.39, 0.29) is 0 Å². The average molecular weight is 236 g/mol. The lowest BCUT2D eigenvalue weighted by Gasteiger charge is -2.11. The van der Waals surface area contributed by atoms with Crippen LogP contribution in [0.3, 0.4) is 0 Å². The predicted octanol–water partition coefficient (Wildman–Crippen LogP) is 2.27. The van der Waals surface area contributed by atoms with Gasteiger partial charge in [-0.2, -0.15) is 0 Å². The molecule has 0 aromatic carbocycles. The Hall–Kier alpha value is -1.16. The van der Waals surface area contributed by atoms with Crippen molar-refractivity contribution < 1.29 is 0 Å². The molecule has 1 aromatic rings. The number of aromatic nitrogens is 2. The maximum Gasteiger partial charge on any atom is 0.223 e. The molecule has 17 heavy (non-hydrogen) atoms. The first-order chi connectivity index (χ1) is 7.99. The van der Waals surface area contributed by atoms with Crippen LogP contribution in [0, 0.1) is 6.92 Å². The minimum Gasteiger partial charge on any atom is -0.354 e. The van der Waals surface area contributed by atoms with Crippen molar-refractivity contribution in [3.63, 3.8) is 0 Å². The first-order valence-electron chi connectivity index (χ1n) is 6.23. The first-order valence-corrected chi connectivity index (χ1v) is 6.23. The van der Waals surface area contributed by atoms with E-state index >= 15 is 0 Å². The molecule has 96 valence electrons. The molecule has 1 rings (SSSR count). The lowest BCUT2D eigenvalue weighted by molar-refractivity contribution is 0.405. The van der Waals surface area contributed by atoms with Gasteiger partial charge < -0.3 is 10.2 Å². The van der Waals surface area contributed by atoms with E-state index in [4.69, 9.17) is 0 Å². The van der Waals surface area contributed by atoms with Crippen LogP contribution in [0.25, 0.3) is 0 Å². The Morgan fingerprint density at radius 1 is 1.29 bits per heavy atom. The number of aryl methyl sites for hydroxylation is 1. The number of nitrogens with one attached hydrogen (secondary N) is 1. The molecule has 0 saturated carbocycles. The zero-order chi connectivity index (χ0) is 12.8. The number of hydrogen-bond donors (Lipinski definition) is 1. The van der Waals surface area contributed by atoms with Crippen LogP contribution in [-0.4, -0.2) is 42.1 Å². The lowest BCUT2D eigenvalue weighted by atomic mass is 10.1. The molecule has 0 aliphatic rings. The fourth-order valence-electron chi connectivity index (χ4n) is 1.56. The summed E-state index contributed by atoms with van der Waals surface area (Å²) in [5.74, 6) is 1.20. The smallest absolute Gasteiger partial charge is 0.223 e. The van der Waals surface area contributed by atoms with E-state index in [0.717, 1.165) is 36.8 Å². The molecule has 4 nitrogen and oxygen atoms in total. The second-order valence-electron chi connectivity index (χ2n) is 5.00. The largest absolute Gasteiger partial charge is 0.354 e. The molecule has 0 radical (unpaired) electrons. The van der Waals surface area contributed by atoms with Gasteiger partial charge in [-0.05, 0) is 46.0 Å². The molecule has 0 saturated heterocycles. The number of rotatable bonds is 6. The highest BCUT2D eigenvalue weighted by Crippen LogP contribution is 2.14. The Morgan fingerprint density at radius 3 is 2.59 bits per heavy atom. The van der Waals surface area contributed by atoms with E-state index in [9.17, 15) is 0 Å². The van der Waals surface area contributed by atoms with Gasteiger partial charge in [-0.1, -0.05) is 13.8 Å². The third-order valence-corrected chi connectivity index (χ3v) is 2.53. The zero-order valence-corrected chi connectivity index (χ0v) is 11.6. The summed E-state index contributed by atoms with van der Waals surface area (Å²) in [5.41, 5.74) is 2.13. The van der Waals surface area contributed by atoms with Gasteiger partial charge in [-0.3, -0.25) is 0 Å². The molecule has 1 aromatic heterocycles. The summed E-state index contributed by atoms with van der Waals surface area (Å²) in [4.78, 5) is 11.1. The van der Waals surface area contributed by atoms with Gasteiger partial charge in [0.2, 0.25) is 5.95 Å². The van der Waals surface area contributed by atoms with Crippen molar-refractivity contribution in [3.8, 4) is 0 Å². The molecule has 0 aliphatic heterocycles. The molecule has 0 fully saturated rings. The quantitative estimate of drug-likeness (QED) is 0.769. The predicted molar refractivity (Wildman–Crippen MR) is 72.5 cm³/mol. The molecule has 4 heteroatoms. The van der Waals surface area contributed by atoms with E-state index < -0.39 is 0 Å². The molecule has 0 bridgehead atoms. The second-order valence-corrected chi connectivity index (χ2v) is 5.00. The summed E-state index contributed by atoms with van der Waals surface area (Å²) >= 11 is 0. The van der Waals surface area contributed by atoms with E-state index in [1.807, 2.05) is 6.92 Å². The highest BCUT2D eigenvalue weighted by atomic mass is 15.1. The van der Waals surface area contributed by atoms with Gasteiger partial charge >= 0.3 is 0 Å². The summed E-state index contributed by atoms with van der Waals surface area (Å²) in [6, 6.07) is 2.05. The van der Waals surface area contributed by atoms with E-state index in [1.165, 1.54) is 0 Å². The highest BCUT2D eigenvalue weighted by Gasteiger charge is 2.05. The number of anilines is 1. The zero-order valence-electron chi connectivity index (χ0n) is 11.6. The van der Waals surface area contributed by atoms with Crippen molar-refractivity contribution >= 4 is 5.95 Å². The molecular formula is C13H24N4. The summed E-state index contributed by atoms with van der Waals surface area (Å²) < 4.78 is 0. The fraction of sp³-hybridized carbons (Fsp3) is 0.692. The van der Waals surface area contributed by atoms with E-state index in [0.29, 0.717) is 5.92 Å². The highest BCUT2D eigenvalue weighted by molar-refractivity contribution is 5.28. The normalized spacial score (nSPS) is 11.2. The molecule has 0 unspecified atom stereocenters. The molecule has 0 amide bonds. The average Bonchev–Trinajstić information content (AvgIpc) is 2.23. The van der Waals surface area contributed by atoms with Gasteiger partial charge in [0, 0.05) is 17.9 Å². The van der Waals surface area contributed by atoms with Crippen LogP contribution in [0.5, 0.6) is 0 Å². The van der Waals surface area contributed by atoms with Crippen molar-refractivity contribution in [2.75, 3.05) is 32.5 Å². The topological polar surface area (TPSA) is 41.1 Å². The third kappa shape index (κ3) is 5.13. The van der Waals surface area contributed by atoms with Gasteiger partial charge in [0.15, 0.2) is 0 Å². The van der Waals surface area contributed by atoms with Gasteiger partial charge in [-0.25, -0.2) is 9.97 Å². The van der Waals surface area contributed by atoms with Crippen molar-refractivity contribution in [1.82, 2.24) is 14.9 Å². The Balaban J connectivity index is 2.53. The van der Waals surface area contributed by atoms with Crippen LogP contribution < -0.4 is 5.32 Å². The van der Waals surface area contributed by atoms with Gasteiger partial charge in [0.25, 0.3) is 0 Å². The van der Waals surface area contributed by atoms with Crippen molar-refractivity contribution in [3.05, 3.63) is 17.5 Å². The molecule has 0 aliphatic carbocycles. The molecule has 1 heterocycles.